The molecule has 2 unspecified atom stereocenters. The van der Waals surface area contributed by atoms with E-state index in [-0.39, 0.29) is 11.2 Å². The van der Waals surface area contributed by atoms with Crippen molar-refractivity contribution in [3.05, 3.63) is 0 Å². The van der Waals surface area contributed by atoms with E-state index in [0.717, 1.165) is 38.5 Å². The summed E-state index contributed by atoms with van der Waals surface area (Å²) in [6.45, 7) is 6.67. The molecule has 0 rings (SSSR count). The van der Waals surface area contributed by atoms with Crippen LogP contribution < -0.4 is 0 Å². The van der Waals surface area contributed by atoms with Crippen molar-refractivity contribution in [2.24, 2.45) is 0 Å². The molecular formula is C13H26O3S. The fourth-order valence-corrected chi connectivity index (χ4v) is 1.70. The zero-order valence-electron chi connectivity index (χ0n) is 11.3. The van der Waals surface area contributed by atoms with E-state index in [4.69, 9.17) is 9.47 Å². The van der Waals surface area contributed by atoms with Gasteiger partial charge in [-0.05, 0) is 19.8 Å². The number of esters is 1. The molecule has 0 radical (unpaired) electrons. The summed E-state index contributed by atoms with van der Waals surface area (Å²) in [6, 6.07) is 0. The first kappa shape index (κ1) is 16.8. The molecule has 0 saturated heterocycles. The molecule has 0 N–H and O–H groups in total. The Morgan fingerprint density at radius 1 is 1.12 bits per heavy atom. The number of carbonyl (C=O) groups excluding carboxylic acids is 1. The average Bonchev–Trinajstić information content (AvgIpc) is 2.33. The highest BCUT2D eigenvalue weighted by atomic mass is 32.1. The molecule has 17 heavy (non-hydrogen) atoms. The first-order valence-electron chi connectivity index (χ1n) is 6.65. The maximum Gasteiger partial charge on any atom is 0.321 e. The van der Waals surface area contributed by atoms with Gasteiger partial charge in [0.1, 0.15) is 0 Å². The Labute approximate surface area is 111 Å². The van der Waals surface area contributed by atoms with Gasteiger partial charge in [-0.1, -0.05) is 33.1 Å². The summed E-state index contributed by atoms with van der Waals surface area (Å²) >= 11 is 4.26. The van der Waals surface area contributed by atoms with Crippen molar-refractivity contribution >= 4 is 18.6 Å². The second kappa shape index (κ2) is 10.9. The molecule has 0 aromatic carbocycles. The van der Waals surface area contributed by atoms with Gasteiger partial charge in [0.2, 0.25) is 6.29 Å². The maximum atomic E-state index is 11.7. The van der Waals surface area contributed by atoms with Crippen LogP contribution in [-0.2, 0) is 14.3 Å². The van der Waals surface area contributed by atoms with Crippen LogP contribution >= 0.6 is 12.6 Å². The average molecular weight is 262 g/mol. The lowest BCUT2D eigenvalue weighted by Crippen LogP contribution is -2.27. The van der Waals surface area contributed by atoms with Crippen LogP contribution in [0.25, 0.3) is 0 Å². The molecule has 2 atom stereocenters. The zero-order valence-corrected chi connectivity index (χ0v) is 12.2. The molecule has 0 aliphatic rings. The van der Waals surface area contributed by atoms with Gasteiger partial charge in [-0.2, -0.15) is 12.6 Å². The van der Waals surface area contributed by atoms with E-state index in [1.165, 1.54) is 0 Å². The van der Waals surface area contributed by atoms with Gasteiger partial charge < -0.3 is 9.47 Å². The summed E-state index contributed by atoms with van der Waals surface area (Å²) in [5.74, 6) is -0.253. The summed E-state index contributed by atoms with van der Waals surface area (Å²) in [7, 11) is 0. The predicted molar refractivity (Wildman–Crippen MR) is 73.3 cm³/mol. The molecule has 0 fully saturated rings. The van der Waals surface area contributed by atoms with Crippen LogP contribution in [-0.4, -0.2) is 24.1 Å². The van der Waals surface area contributed by atoms with Crippen LogP contribution in [0.3, 0.4) is 0 Å². The molecule has 0 amide bonds. The lowest BCUT2D eigenvalue weighted by atomic mass is 10.2. The predicted octanol–water partition coefficient (Wildman–Crippen LogP) is 3.57. The third-order valence-electron chi connectivity index (χ3n) is 2.50. The van der Waals surface area contributed by atoms with Crippen LogP contribution in [0.4, 0.5) is 0 Å². The topological polar surface area (TPSA) is 35.5 Å². The van der Waals surface area contributed by atoms with E-state index < -0.39 is 6.29 Å². The molecule has 0 aromatic rings. The van der Waals surface area contributed by atoms with Crippen LogP contribution in [0.15, 0.2) is 0 Å². The van der Waals surface area contributed by atoms with E-state index in [2.05, 4.69) is 26.5 Å². The molecule has 0 spiro atoms. The number of ether oxygens (including phenoxy) is 2. The highest BCUT2D eigenvalue weighted by Gasteiger charge is 2.19. The van der Waals surface area contributed by atoms with Crippen LogP contribution in [0.5, 0.6) is 0 Å². The van der Waals surface area contributed by atoms with Gasteiger partial charge in [-0.15, -0.1) is 0 Å². The Bertz CT molecular complexity index is 197. The molecule has 102 valence electrons. The fraction of sp³-hybridized carbons (Fsp3) is 0.923. The summed E-state index contributed by atoms with van der Waals surface area (Å²) in [5.41, 5.74) is 0. The fourth-order valence-electron chi connectivity index (χ4n) is 1.46. The number of rotatable bonds is 10. The highest BCUT2D eigenvalue weighted by molar-refractivity contribution is 7.81. The first-order valence-corrected chi connectivity index (χ1v) is 7.17. The maximum absolute atomic E-state index is 11.7. The summed E-state index contributed by atoms with van der Waals surface area (Å²) in [5, 5.41) is -0.320. The Kier molecular flexibility index (Phi) is 10.8. The minimum absolute atomic E-state index is 0.253. The SMILES string of the molecule is CCCCC(OCC)OC(=O)C(S)CCCC. The normalized spacial score (nSPS) is 14.4. The van der Waals surface area contributed by atoms with Gasteiger partial charge in [0.25, 0.3) is 0 Å². The van der Waals surface area contributed by atoms with Gasteiger partial charge in [-0.3, -0.25) is 4.79 Å². The number of hydrogen-bond acceptors (Lipinski definition) is 4. The molecule has 0 saturated carbocycles. The number of carbonyl (C=O) groups is 1. The number of hydrogen-bond donors (Lipinski definition) is 1. The van der Waals surface area contributed by atoms with Crippen molar-refractivity contribution in [3.8, 4) is 0 Å². The molecule has 0 aromatic heterocycles. The van der Waals surface area contributed by atoms with Crippen LogP contribution in [0.2, 0.25) is 0 Å². The molecule has 0 aliphatic carbocycles. The monoisotopic (exact) mass is 262 g/mol. The molecule has 4 heteroatoms. The van der Waals surface area contributed by atoms with Crippen LogP contribution in [0, 0.1) is 0 Å². The highest BCUT2D eigenvalue weighted by Crippen LogP contribution is 2.13. The summed E-state index contributed by atoms with van der Waals surface area (Å²) in [6.07, 6.45) is 5.27. The van der Waals surface area contributed by atoms with E-state index in [1.807, 2.05) is 6.92 Å². The van der Waals surface area contributed by atoms with Crippen molar-refractivity contribution in [1.82, 2.24) is 0 Å². The Morgan fingerprint density at radius 3 is 2.24 bits per heavy atom. The smallest absolute Gasteiger partial charge is 0.321 e. The summed E-state index contributed by atoms with van der Waals surface area (Å²) < 4.78 is 10.7. The molecule has 0 aliphatic heterocycles. The lowest BCUT2D eigenvalue weighted by molar-refractivity contribution is -0.178. The Hall–Kier alpha value is -0.220. The number of thiol groups is 1. The van der Waals surface area contributed by atoms with Crippen molar-refractivity contribution in [2.75, 3.05) is 6.61 Å². The van der Waals surface area contributed by atoms with Gasteiger partial charge in [0.15, 0.2) is 0 Å². The second-order valence-electron chi connectivity index (χ2n) is 4.12. The molecule has 0 bridgehead atoms. The summed E-state index contributed by atoms with van der Waals surface area (Å²) in [4.78, 5) is 11.7. The molecule has 3 nitrogen and oxygen atoms in total. The van der Waals surface area contributed by atoms with Crippen molar-refractivity contribution in [1.29, 1.82) is 0 Å². The molecular weight excluding hydrogens is 236 g/mol. The minimum Gasteiger partial charge on any atom is -0.435 e. The van der Waals surface area contributed by atoms with Gasteiger partial charge in [0.05, 0.1) is 5.25 Å². The van der Waals surface area contributed by atoms with E-state index in [1.54, 1.807) is 0 Å². The van der Waals surface area contributed by atoms with E-state index >= 15 is 0 Å². The van der Waals surface area contributed by atoms with Gasteiger partial charge >= 0.3 is 5.97 Å². The quantitative estimate of drug-likeness (QED) is 0.371. The van der Waals surface area contributed by atoms with Gasteiger partial charge in [0, 0.05) is 13.0 Å². The van der Waals surface area contributed by atoms with Crippen LogP contribution in [0.1, 0.15) is 59.3 Å². The molecule has 0 heterocycles. The third kappa shape index (κ3) is 8.50. The lowest BCUT2D eigenvalue weighted by Gasteiger charge is -2.19. The Morgan fingerprint density at radius 2 is 1.71 bits per heavy atom. The van der Waals surface area contributed by atoms with E-state index in [9.17, 15) is 4.79 Å². The minimum atomic E-state index is -0.399. The Balaban J connectivity index is 4.00. The zero-order chi connectivity index (χ0) is 13.1. The van der Waals surface area contributed by atoms with Crippen molar-refractivity contribution < 1.29 is 14.3 Å². The van der Waals surface area contributed by atoms with Crippen molar-refractivity contribution in [3.63, 3.8) is 0 Å². The second-order valence-corrected chi connectivity index (χ2v) is 4.75. The first-order chi connectivity index (χ1) is 8.15. The third-order valence-corrected chi connectivity index (χ3v) is 2.97. The number of unbranched alkanes of at least 4 members (excludes halogenated alkanes) is 2. The largest absolute Gasteiger partial charge is 0.435 e. The van der Waals surface area contributed by atoms with Gasteiger partial charge in [-0.25, -0.2) is 0 Å². The van der Waals surface area contributed by atoms with Crippen molar-refractivity contribution in [2.45, 2.75) is 70.8 Å². The van der Waals surface area contributed by atoms with E-state index in [0.29, 0.717) is 6.61 Å². The standard InChI is InChI=1S/C13H26O3S/c1-4-7-9-11(17)13(14)16-12(15-6-3)10-8-5-2/h11-12,17H,4-10H2,1-3H3.